The van der Waals surface area contributed by atoms with Crippen LogP contribution in [0.4, 0.5) is 0 Å². The van der Waals surface area contributed by atoms with E-state index in [9.17, 15) is 9.90 Å². The highest BCUT2D eigenvalue weighted by molar-refractivity contribution is 9.10. The molecule has 0 bridgehead atoms. The average Bonchev–Trinajstić information content (AvgIpc) is 2.46. The van der Waals surface area contributed by atoms with Crippen molar-refractivity contribution in [2.24, 2.45) is 0 Å². The summed E-state index contributed by atoms with van der Waals surface area (Å²) in [6, 6.07) is 13.0. The van der Waals surface area contributed by atoms with Crippen LogP contribution in [0.5, 0.6) is 5.75 Å². The van der Waals surface area contributed by atoms with Gasteiger partial charge in [0, 0.05) is 14.5 Å². The van der Waals surface area contributed by atoms with Gasteiger partial charge in [-0.1, -0.05) is 44.0 Å². The molecule has 1 N–H and O–H groups in total. The summed E-state index contributed by atoms with van der Waals surface area (Å²) in [5, 5.41) is 9.45. The Hall–Kier alpha value is -1.59. The molecule has 0 radical (unpaired) electrons. The Bertz CT molecular complexity index is 736. The fourth-order valence-electron chi connectivity index (χ4n) is 2.23. The molecule has 1 aliphatic rings. The molecule has 0 spiro atoms. The van der Waals surface area contributed by atoms with Crippen molar-refractivity contribution in [3.05, 3.63) is 68.1 Å². The second kappa shape index (κ2) is 5.66. The molecule has 0 aliphatic carbocycles. The van der Waals surface area contributed by atoms with E-state index < -0.39 is 12.1 Å². The number of fused-ring (bicyclic) bond motifs is 1. The number of ether oxygens (including phenoxy) is 1. The molecular weight excluding hydrogens is 400 g/mol. The van der Waals surface area contributed by atoms with E-state index in [4.69, 9.17) is 4.74 Å². The Morgan fingerprint density at radius 2 is 1.71 bits per heavy atom. The van der Waals surface area contributed by atoms with Gasteiger partial charge in [0.15, 0.2) is 6.10 Å². The molecular formula is C16H10Br2O3. The first kappa shape index (κ1) is 14.4. The number of hydrogen-bond acceptors (Lipinski definition) is 2. The molecule has 0 amide bonds. The predicted octanol–water partition coefficient (Wildman–Crippen LogP) is 4.81. The number of aliphatic carboxylic acids is 1. The molecule has 0 saturated heterocycles. The third kappa shape index (κ3) is 2.89. The van der Waals surface area contributed by atoms with Gasteiger partial charge >= 0.3 is 5.97 Å². The molecule has 0 fully saturated rings. The van der Waals surface area contributed by atoms with Gasteiger partial charge in [0.25, 0.3) is 0 Å². The first-order chi connectivity index (χ1) is 10.0. The van der Waals surface area contributed by atoms with Crippen LogP contribution in [0.15, 0.2) is 57.0 Å². The Morgan fingerprint density at radius 1 is 1.05 bits per heavy atom. The van der Waals surface area contributed by atoms with Gasteiger partial charge < -0.3 is 9.84 Å². The van der Waals surface area contributed by atoms with Gasteiger partial charge in [-0.15, -0.1) is 0 Å². The largest absolute Gasteiger partial charge is 0.480 e. The monoisotopic (exact) mass is 408 g/mol. The lowest BCUT2D eigenvalue weighted by Crippen LogP contribution is -2.20. The maximum Gasteiger partial charge on any atom is 0.335 e. The first-order valence-electron chi connectivity index (χ1n) is 6.21. The first-order valence-corrected chi connectivity index (χ1v) is 7.80. The molecule has 0 saturated carbocycles. The van der Waals surface area contributed by atoms with Crippen LogP contribution in [-0.2, 0) is 4.79 Å². The number of rotatable bonds is 2. The molecule has 1 heterocycles. The van der Waals surface area contributed by atoms with Crippen LogP contribution in [0.25, 0.3) is 6.08 Å². The van der Waals surface area contributed by atoms with Gasteiger partial charge in [0.2, 0.25) is 0 Å². The zero-order valence-electron chi connectivity index (χ0n) is 10.7. The van der Waals surface area contributed by atoms with Gasteiger partial charge in [0.05, 0.1) is 5.57 Å². The summed E-state index contributed by atoms with van der Waals surface area (Å²) in [5.41, 5.74) is 1.79. The number of halogens is 2. The molecule has 3 rings (SSSR count). The van der Waals surface area contributed by atoms with Crippen molar-refractivity contribution < 1.29 is 14.6 Å². The van der Waals surface area contributed by atoms with Crippen molar-refractivity contribution in [1.29, 1.82) is 0 Å². The lowest BCUT2D eigenvalue weighted by atomic mass is 9.96. The van der Waals surface area contributed by atoms with E-state index in [0.717, 1.165) is 20.1 Å². The van der Waals surface area contributed by atoms with E-state index in [1.165, 1.54) is 0 Å². The molecule has 106 valence electrons. The van der Waals surface area contributed by atoms with Crippen molar-refractivity contribution >= 4 is 43.9 Å². The van der Waals surface area contributed by atoms with Crippen LogP contribution < -0.4 is 4.74 Å². The van der Waals surface area contributed by atoms with Crippen molar-refractivity contribution in [3.8, 4) is 5.75 Å². The molecule has 1 atom stereocenters. The molecule has 2 aromatic rings. The number of benzene rings is 2. The molecule has 21 heavy (non-hydrogen) atoms. The maximum atomic E-state index is 11.5. The molecule has 2 aromatic carbocycles. The number of carbonyl (C=O) groups is 1. The van der Waals surface area contributed by atoms with Crippen molar-refractivity contribution in [1.82, 2.24) is 0 Å². The second-order valence-electron chi connectivity index (χ2n) is 4.64. The standard InChI is InChI=1S/C16H10Br2O3/c17-11-3-1-9(2-4-11)15-13(16(19)20)8-10-7-12(18)5-6-14(10)21-15/h1-8,15H,(H,19,20). The van der Waals surface area contributed by atoms with E-state index in [1.807, 2.05) is 42.5 Å². The van der Waals surface area contributed by atoms with E-state index >= 15 is 0 Å². The smallest absolute Gasteiger partial charge is 0.335 e. The summed E-state index contributed by atoms with van der Waals surface area (Å²) in [6.45, 7) is 0. The minimum atomic E-state index is -0.978. The lowest BCUT2D eigenvalue weighted by molar-refractivity contribution is -0.133. The van der Waals surface area contributed by atoms with Crippen molar-refractivity contribution in [2.75, 3.05) is 0 Å². The molecule has 1 unspecified atom stereocenters. The summed E-state index contributed by atoms with van der Waals surface area (Å²) < 4.78 is 7.72. The van der Waals surface area contributed by atoms with Gasteiger partial charge in [0.1, 0.15) is 5.75 Å². The van der Waals surface area contributed by atoms with Crippen LogP contribution in [0.1, 0.15) is 17.2 Å². The van der Waals surface area contributed by atoms with Gasteiger partial charge in [-0.25, -0.2) is 4.79 Å². The lowest BCUT2D eigenvalue weighted by Gasteiger charge is -2.25. The molecule has 0 aromatic heterocycles. The van der Waals surface area contributed by atoms with E-state index in [1.54, 1.807) is 6.08 Å². The van der Waals surface area contributed by atoms with Crippen LogP contribution in [0, 0.1) is 0 Å². The zero-order valence-corrected chi connectivity index (χ0v) is 13.9. The fraction of sp³-hybridized carbons (Fsp3) is 0.0625. The van der Waals surface area contributed by atoms with Gasteiger partial charge in [-0.2, -0.15) is 0 Å². The minimum absolute atomic E-state index is 0.225. The summed E-state index contributed by atoms with van der Waals surface area (Å²) in [5.74, 6) is -0.301. The molecule has 1 aliphatic heterocycles. The summed E-state index contributed by atoms with van der Waals surface area (Å²) in [6.07, 6.45) is 1.06. The molecule has 3 nitrogen and oxygen atoms in total. The summed E-state index contributed by atoms with van der Waals surface area (Å²) >= 11 is 6.75. The van der Waals surface area contributed by atoms with Crippen LogP contribution in [-0.4, -0.2) is 11.1 Å². The topological polar surface area (TPSA) is 46.5 Å². The highest BCUT2D eigenvalue weighted by atomic mass is 79.9. The third-order valence-electron chi connectivity index (χ3n) is 3.23. The summed E-state index contributed by atoms with van der Waals surface area (Å²) in [7, 11) is 0. The van der Waals surface area contributed by atoms with Crippen LogP contribution in [0.2, 0.25) is 0 Å². The van der Waals surface area contributed by atoms with Crippen LogP contribution >= 0.6 is 31.9 Å². The van der Waals surface area contributed by atoms with Gasteiger partial charge in [-0.3, -0.25) is 0 Å². The number of hydrogen-bond donors (Lipinski definition) is 1. The normalized spacial score (nSPS) is 16.7. The minimum Gasteiger partial charge on any atom is -0.480 e. The highest BCUT2D eigenvalue weighted by Crippen LogP contribution is 2.38. The van der Waals surface area contributed by atoms with Crippen molar-refractivity contribution in [2.45, 2.75) is 6.10 Å². The number of carboxylic acids is 1. The second-order valence-corrected chi connectivity index (χ2v) is 6.47. The Balaban J connectivity index is 2.08. The van der Waals surface area contributed by atoms with E-state index in [2.05, 4.69) is 31.9 Å². The third-order valence-corrected chi connectivity index (χ3v) is 4.25. The maximum absolute atomic E-state index is 11.5. The SMILES string of the molecule is O=C(O)C1=Cc2cc(Br)ccc2OC1c1ccc(Br)cc1. The van der Waals surface area contributed by atoms with E-state index in [0.29, 0.717) is 5.75 Å². The van der Waals surface area contributed by atoms with Crippen LogP contribution in [0.3, 0.4) is 0 Å². The quantitative estimate of drug-likeness (QED) is 0.773. The zero-order chi connectivity index (χ0) is 15.0. The highest BCUT2D eigenvalue weighted by Gasteiger charge is 2.29. The van der Waals surface area contributed by atoms with Crippen molar-refractivity contribution in [3.63, 3.8) is 0 Å². The van der Waals surface area contributed by atoms with Gasteiger partial charge in [-0.05, 0) is 42.0 Å². The Labute approximate surface area is 138 Å². The Morgan fingerprint density at radius 3 is 2.38 bits per heavy atom. The Kier molecular flexibility index (Phi) is 3.87. The summed E-state index contributed by atoms with van der Waals surface area (Å²) in [4.78, 5) is 11.5. The molecule has 5 heteroatoms. The fourth-order valence-corrected chi connectivity index (χ4v) is 2.88. The number of carboxylic acid groups (broad SMARTS) is 1. The average molecular weight is 410 g/mol. The predicted molar refractivity (Wildman–Crippen MR) is 87.3 cm³/mol. The van der Waals surface area contributed by atoms with E-state index in [-0.39, 0.29) is 5.57 Å².